The van der Waals surface area contributed by atoms with Crippen molar-refractivity contribution in [3.05, 3.63) is 12.2 Å². The molecule has 1 aliphatic rings. The molecule has 5 atom stereocenters. The molecule has 0 spiro atoms. The summed E-state index contributed by atoms with van der Waals surface area (Å²) in [5.74, 6) is -0.463. The Morgan fingerprint density at radius 3 is 2.72 bits per heavy atom. The van der Waals surface area contributed by atoms with Gasteiger partial charge in [-0.25, -0.2) is 9.67 Å². The summed E-state index contributed by atoms with van der Waals surface area (Å²) in [7, 11) is -1.50. The molecule has 138 valence electrons. The van der Waals surface area contributed by atoms with Crippen molar-refractivity contribution in [2.24, 2.45) is 5.41 Å². The van der Waals surface area contributed by atoms with Gasteiger partial charge in [0.05, 0.1) is 12.0 Å². The molecule has 2 rings (SSSR count). The molecule has 0 saturated carbocycles. The van der Waals surface area contributed by atoms with Crippen LogP contribution in [0.1, 0.15) is 32.8 Å². The fourth-order valence-corrected chi connectivity index (χ4v) is 2.91. The van der Waals surface area contributed by atoms with Crippen LogP contribution in [-0.4, -0.2) is 62.5 Å². The molecule has 1 aromatic rings. The number of nitriles is 1. The van der Waals surface area contributed by atoms with E-state index in [4.69, 9.17) is 19.0 Å². The maximum atomic E-state index is 11.8. The van der Waals surface area contributed by atoms with E-state index in [1.54, 1.807) is 33.5 Å². The first-order valence-electron chi connectivity index (χ1n) is 7.55. The highest BCUT2D eigenvalue weighted by atomic mass is 31.2. The SMILES string of the molecule is CP(OC[C@H]1O[C@@H](n2cnc(C#N)n2)[C@H](O)[C@@H]1O)OC(=O)C(C)(C)C. The van der Waals surface area contributed by atoms with E-state index in [1.807, 2.05) is 0 Å². The van der Waals surface area contributed by atoms with Crippen LogP contribution in [0.25, 0.3) is 0 Å². The van der Waals surface area contributed by atoms with E-state index < -0.39 is 44.3 Å². The van der Waals surface area contributed by atoms with Crippen LogP contribution in [-0.2, 0) is 18.6 Å². The number of carbonyl (C=O) groups excluding carboxylic acids is 1. The second-order valence-corrected chi connectivity index (χ2v) is 7.89. The first-order valence-corrected chi connectivity index (χ1v) is 9.18. The molecule has 0 radical (unpaired) electrons. The van der Waals surface area contributed by atoms with Gasteiger partial charge in [-0.05, 0) is 20.8 Å². The minimum absolute atomic E-state index is 0.0730. The van der Waals surface area contributed by atoms with E-state index in [0.717, 1.165) is 0 Å². The number of nitrogens with zero attached hydrogens (tertiary/aromatic N) is 4. The van der Waals surface area contributed by atoms with Crippen LogP contribution in [0.5, 0.6) is 0 Å². The molecule has 11 heteroatoms. The second-order valence-electron chi connectivity index (χ2n) is 6.57. The summed E-state index contributed by atoms with van der Waals surface area (Å²) in [5, 5.41) is 32.8. The molecule has 0 aliphatic carbocycles. The average Bonchev–Trinajstić information content (AvgIpc) is 3.11. The Kier molecular flexibility index (Phi) is 6.08. The van der Waals surface area contributed by atoms with Crippen molar-refractivity contribution >= 4 is 14.3 Å². The minimum atomic E-state index is -1.50. The van der Waals surface area contributed by atoms with Crippen LogP contribution in [0.4, 0.5) is 0 Å². The van der Waals surface area contributed by atoms with E-state index in [9.17, 15) is 15.0 Å². The van der Waals surface area contributed by atoms with Gasteiger partial charge in [0.2, 0.25) is 8.38 Å². The zero-order chi connectivity index (χ0) is 18.8. The van der Waals surface area contributed by atoms with Crippen LogP contribution in [0.2, 0.25) is 0 Å². The van der Waals surface area contributed by atoms with Crippen molar-refractivity contribution in [1.29, 1.82) is 5.26 Å². The Bertz CT molecular complexity index is 654. The van der Waals surface area contributed by atoms with Gasteiger partial charge in [-0.3, -0.25) is 4.79 Å². The van der Waals surface area contributed by atoms with Crippen molar-refractivity contribution in [1.82, 2.24) is 14.8 Å². The maximum absolute atomic E-state index is 11.8. The van der Waals surface area contributed by atoms with Gasteiger partial charge in [0.15, 0.2) is 6.23 Å². The quantitative estimate of drug-likeness (QED) is 0.699. The summed E-state index contributed by atoms with van der Waals surface area (Å²) in [5.41, 5.74) is -0.643. The first kappa shape index (κ1) is 19.7. The van der Waals surface area contributed by atoms with E-state index in [2.05, 4.69) is 10.1 Å². The molecule has 0 amide bonds. The Labute approximate surface area is 146 Å². The van der Waals surface area contributed by atoms with Crippen LogP contribution < -0.4 is 0 Å². The number of aliphatic hydroxyl groups is 2. The standard InChI is InChI=1S/C14H21N4O6P/c1-14(2,3)13(21)24-25(4)22-6-8-10(19)11(20)12(23-8)18-7-16-9(5-15)17-18/h7-8,10-12,19-20H,6H2,1-4H3/t8-,10-,11-,12-,25?/m1/s1. The van der Waals surface area contributed by atoms with Crippen molar-refractivity contribution < 1.29 is 28.8 Å². The molecule has 2 heterocycles. The topological polar surface area (TPSA) is 140 Å². The largest absolute Gasteiger partial charge is 0.417 e. The lowest BCUT2D eigenvalue weighted by Crippen LogP contribution is -2.33. The molecule has 2 N–H and O–H groups in total. The third kappa shape index (κ3) is 4.71. The number of rotatable bonds is 5. The zero-order valence-corrected chi connectivity index (χ0v) is 15.3. The summed E-state index contributed by atoms with van der Waals surface area (Å²) >= 11 is 0. The van der Waals surface area contributed by atoms with Crippen molar-refractivity contribution in [3.63, 3.8) is 0 Å². The molecule has 1 aliphatic heterocycles. The Morgan fingerprint density at radius 1 is 1.48 bits per heavy atom. The number of hydrogen-bond donors (Lipinski definition) is 2. The van der Waals surface area contributed by atoms with Crippen molar-refractivity contribution in [2.75, 3.05) is 13.3 Å². The summed E-state index contributed by atoms with van der Waals surface area (Å²) in [6.45, 7) is 6.74. The third-order valence-corrected chi connectivity index (χ3v) is 4.39. The molecule has 25 heavy (non-hydrogen) atoms. The van der Waals surface area contributed by atoms with Gasteiger partial charge in [0.1, 0.15) is 30.7 Å². The molecular formula is C14H21N4O6P. The lowest BCUT2D eigenvalue weighted by Gasteiger charge is -2.21. The highest BCUT2D eigenvalue weighted by Crippen LogP contribution is 2.38. The van der Waals surface area contributed by atoms with Gasteiger partial charge < -0.3 is 24.0 Å². The number of aromatic nitrogens is 3. The Morgan fingerprint density at radius 2 is 2.16 bits per heavy atom. The van der Waals surface area contributed by atoms with Crippen molar-refractivity contribution in [2.45, 2.75) is 45.3 Å². The summed E-state index contributed by atoms with van der Waals surface area (Å²) in [6, 6.07) is 1.77. The number of hydrogen-bond acceptors (Lipinski definition) is 9. The predicted octanol–water partition coefficient (Wildman–Crippen LogP) is 0.317. The lowest BCUT2D eigenvalue weighted by molar-refractivity contribution is -0.143. The molecular weight excluding hydrogens is 351 g/mol. The fourth-order valence-electron chi connectivity index (χ4n) is 1.99. The van der Waals surface area contributed by atoms with Gasteiger partial charge in [-0.15, -0.1) is 5.10 Å². The summed E-state index contributed by atoms with van der Waals surface area (Å²) < 4.78 is 17.4. The van der Waals surface area contributed by atoms with E-state index in [1.165, 1.54) is 11.0 Å². The van der Waals surface area contributed by atoms with Crippen LogP contribution in [0, 0.1) is 16.7 Å². The molecule has 1 saturated heterocycles. The maximum Gasteiger partial charge on any atom is 0.315 e. The average molecular weight is 372 g/mol. The van der Waals surface area contributed by atoms with E-state index in [0.29, 0.717) is 0 Å². The molecule has 1 fully saturated rings. The van der Waals surface area contributed by atoms with Gasteiger partial charge in [-0.1, -0.05) is 0 Å². The van der Waals surface area contributed by atoms with Gasteiger partial charge in [-0.2, -0.15) is 5.26 Å². The number of carbonyl (C=O) groups is 1. The molecule has 0 aromatic carbocycles. The minimum Gasteiger partial charge on any atom is -0.417 e. The first-order chi connectivity index (χ1) is 11.6. The lowest BCUT2D eigenvalue weighted by atomic mass is 9.98. The monoisotopic (exact) mass is 372 g/mol. The zero-order valence-electron chi connectivity index (χ0n) is 14.4. The van der Waals surface area contributed by atoms with Gasteiger partial charge in [0, 0.05) is 6.66 Å². The Hall–Kier alpha value is -1.63. The molecule has 1 aromatic heterocycles. The van der Waals surface area contributed by atoms with Gasteiger partial charge >= 0.3 is 5.97 Å². The van der Waals surface area contributed by atoms with Crippen molar-refractivity contribution in [3.8, 4) is 6.07 Å². The van der Waals surface area contributed by atoms with E-state index in [-0.39, 0.29) is 12.4 Å². The van der Waals surface area contributed by atoms with Crippen LogP contribution in [0.3, 0.4) is 0 Å². The smallest absolute Gasteiger partial charge is 0.315 e. The fraction of sp³-hybridized carbons (Fsp3) is 0.714. The summed E-state index contributed by atoms with van der Waals surface area (Å²) in [4.78, 5) is 15.5. The third-order valence-electron chi connectivity index (χ3n) is 3.45. The summed E-state index contributed by atoms with van der Waals surface area (Å²) in [6.07, 6.45) is -3.07. The molecule has 0 bridgehead atoms. The predicted molar refractivity (Wildman–Crippen MR) is 85.0 cm³/mol. The Balaban J connectivity index is 1.91. The van der Waals surface area contributed by atoms with Crippen LogP contribution >= 0.6 is 8.38 Å². The highest BCUT2D eigenvalue weighted by Gasteiger charge is 2.44. The highest BCUT2D eigenvalue weighted by molar-refractivity contribution is 7.46. The molecule has 1 unspecified atom stereocenters. The van der Waals surface area contributed by atoms with Crippen LogP contribution in [0.15, 0.2) is 6.33 Å². The van der Waals surface area contributed by atoms with Gasteiger partial charge in [0.25, 0.3) is 5.82 Å². The number of aliphatic hydroxyl groups excluding tert-OH is 2. The molecule has 10 nitrogen and oxygen atoms in total. The van der Waals surface area contributed by atoms with E-state index >= 15 is 0 Å². The normalized spacial score (nSPS) is 27.7. The second kappa shape index (κ2) is 7.72. The number of ether oxygens (including phenoxy) is 1.